The molecule has 5 amide bonds. The Morgan fingerprint density at radius 1 is 0.830 bits per heavy atom. The highest BCUT2D eigenvalue weighted by atomic mass is 16.5. The van der Waals surface area contributed by atoms with Crippen LogP contribution in [-0.2, 0) is 41.7 Å². The average Bonchev–Trinajstić information content (AvgIpc) is 3.52. The number of carbonyl (C=O) groups is 6. The van der Waals surface area contributed by atoms with Gasteiger partial charge in [-0.3, -0.25) is 24.0 Å². The quantitative estimate of drug-likeness (QED) is 0.243. The molecule has 1 unspecified atom stereocenters. The summed E-state index contributed by atoms with van der Waals surface area (Å²) in [5.41, 5.74) is 0.968. The van der Waals surface area contributed by atoms with Gasteiger partial charge < -0.3 is 30.9 Å². The topological polar surface area (TPSA) is 163 Å². The maximum atomic E-state index is 13.7. The molecule has 1 aliphatic heterocycles. The number of likely N-dealkylation sites (tertiary alicyclic amines) is 1. The maximum Gasteiger partial charge on any atom is 0.408 e. The first-order valence-corrected chi connectivity index (χ1v) is 15.9. The van der Waals surface area contributed by atoms with Gasteiger partial charge in [-0.2, -0.15) is 0 Å². The second kappa shape index (κ2) is 16.7. The summed E-state index contributed by atoms with van der Waals surface area (Å²) in [4.78, 5) is 80.5. The van der Waals surface area contributed by atoms with Crippen molar-refractivity contribution in [2.45, 2.75) is 97.1 Å². The lowest BCUT2D eigenvalue weighted by Crippen LogP contribution is -2.59. The summed E-state index contributed by atoms with van der Waals surface area (Å²) < 4.78 is 5.19. The summed E-state index contributed by atoms with van der Waals surface area (Å²) in [6, 6.07) is 13.8. The third kappa shape index (κ3) is 11.2. The molecule has 4 N–H and O–H groups in total. The van der Waals surface area contributed by atoms with E-state index in [4.69, 9.17) is 4.74 Å². The molecule has 12 heteroatoms. The highest BCUT2D eigenvalue weighted by Gasteiger charge is 2.41. The number of ether oxygens (including phenoxy) is 1. The lowest BCUT2D eigenvalue weighted by molar-refractivity contribution is -0.149. The van der Waals surface area contributed by atoms with Gasteiger partial charge in [-0.05, 0) is 57.6 Å². The number of hydrogen-bond acceptors (Lipinski definition) is 7. The molecule has 3 rings (SSSR count). The Labute approximate surface area is 276 Å². The van der Waals surface area contributed by atoms with E-state index in [-0.39, 0.29) is 25.5 Å². The SMILES string of the molecule is CC(C)[C@H](NC(=O)[C@H](C)NC(=O)OCc1ccccc1)C(=O)NC(Cc1ccccc1)C(=O)C(=O)N1CCC[C@H]1C(=O)NC(C)(C)C. The van der Waals surface area contributed by atoms with E-state index in [1.165, 1.54) is 11.8 Å². The molecule has 1 aliphatic rings. The van der Waals surface area contributed by atoms with Crippen LogP contribution in [-0.4, -0.2) is 76.7 Å². The fourth-order valence-corrected chi connectivity index (χ4v) is 5.17. The Bertz CT molecular complexity index is 1410. The number of amides is 5. The average molecular weight is 650 g/mol. The van der Waals surface area contributed by atoms with Crippen LogP contribution in [0.3, 0.4) is 0 Å². The van der Waals surface area contributed by atoms with Gasteiger partial charge in [0, 0.05) is 18.5 Å². The Morgan fingerprint density at radius 2 is 1.43 bits per heavy atom. The Balaban J connectivity index is 1.70. The van der Waals surface area contributed by atoms with Crippen LogP contribution in [0.25, 0.3) is 0 Å². The van der Waals surface area contributed by atoms with Gasteiger partial charge in [0.05, 0.1) is 0 Å². The first kappa shape index (κ1) is 36.7. The van der Waals surface area contributed by atoms with E-state index in [2.05, 4.69) is 21.3 Å². The van der Waals surface area contributed by atoms with Crippen LogP contribution in [0, 0.1) is 5.92 Å². The van der Waals surface area contributed by atoms with Crippen LogP contribution < -0.4 is 21.3 Å². The second-order valence-corrected chi connectivity index (χ2v) is 13.2. The van der Waals surface area contributed by atoms with Crippen molar-refractivity contribution < 1.29 is 33.5 Å². The second-order valence-electron chi connectivity index (χ2n) is 13.2. The molecule has 0 aliphatic carbocycles. The zero-order valence-electron chi connectivity index (χ0n) is 28.0. The minimum Gasteiger partial charge on any atom is -0.445 e. The molecule has 12 nitrogen and oxygen atoms in total. The van der Waals surface area contributed by atoms with Crippen LogP contribution in [0.5, 0.6) is 0 Å². The Hall–Kier alpha value is -4.74. The molecule has 254 valence electrons. The molecule has 0 radical (unpaired) electrons. The fraction of sp³-hybridized carbons (Fsp3) is 0.486. The van der Waals surface area contributed by atoms with Crippen molar-refractivity contribution in [1.82, 2.24) is 26.2 Å². The third-order valence-electron chi connectivity index (χ3n) is 7.63. The number of ketones is 1. The number of Topliss-reactive ketones (excluding diaryl/α,β-unsaturated/α-hetero) is 1. The summed E-state index contributed by atoms with van der Waals surface area (Å²) in [6.07, 6.45) is 0.202. The number of nitrogens with zero attached hydrogens (tertiary/aromatic N) is 1. The van der Waals surface area contributed by atoms with E-state index < -0.39 is 65.2 Å². The molecule has 0 saturated carbocycles. The van der Waals surface area contributed by atoms with Gasteiger partial charge in [0.25, 0.3) is 5.91 Å². The lowest BCUT2D eigenvalue weighted by atomic mass is 9.98. The highest BCUT2D eigenvalue weighted by Crippen LogP contribution is 2.20. The molecule has 4 atom stereocenters. The Morgan fingerprint density at radius 3 is 2.00 bits per heavy atom. The van der Waals surface area contributed by atoms with Gasteiger partial charge in [0.15, 0.2) is 0 Å². The van der Waals surface area contributed by atoms with Crippen molar-refractivity contribution in [3.8, 4) is 0 Å². The molecule has 2 aromatic rings. The minimum absolute atomic E-state index is 0.0209. The zero-order valence-corrected chi connectivity index (χ0v) is 28.0. The van der Waals surface area contributed by atoms with Crippen LogP contribution in [0.4, 0.5) is 4.79 Å². The van der Waals surface area contributed by atoms with Crippen molar-refractivity contribution in [1.29, 1.82) is 0 Å². The van der Waals surface area contributed by atoms with Crippen molar-refractivity contribution >= 4 is 35.5 Å². The predicted molar refractivity (Wildman–Crippen MR) is 176 cm³/mol. The van der Waals surface area contributed by atoms with Crippen LogP contribution >= 0.6 is 0 Å². The Kier molecular flexibility index (Phi) is 13.1. The van der Waals surface area contributed by atoms with Gasteiger partial charge >= 0.3 is 6.09 Å². The summed E-state index contributed by atoms with van der Waals surface area (Å²) >= 11 is 0. The van der Waals surface area contributed by atoms with Crippen LogP contribution in [0.15, 0.2) is 60.7 Å². The van der Waals surface area contributed by atoms with Gasteiger partial charge in [-0.15, -0.1) is 0 Å². The summed E-state index contributed by atoms with van der Waals surface area (Å²) in [5.74, 6) is -3.77. The van der Waals surface area contributed by atoms with Gasteiger partial charge in [0.2, 0.25) is 23.5 Å². The van der Waals surface area contributed by atoms with E-state index in [9.17, 15) is 28.8 Å². The van der Waals surface area contributed by atoms with Gasteiger partial charge in [-0.25, -0.2) is 4.79 Å². The van der Waals surface area contributed by atoms with Crippen molar-refractivity contribution in [2.75, 3.05) is 6.54 Å². The number of rotatable bonds is 13. The van der Waals surface area contributed by atoms with E-state index >= 15 is 0 Å². The fourth-order valence-electron chi connectivity index (χ4n) is 5.17. The first-order valence-electron chi connectivity index (χ1n) is 15.9. The number of hydrogen-bond donors (Lipinski definition) is 4. The smallest absolute Gasteiger partial charge is 0.408 e. The lowest BCUT2D eigenvalue weighted by Gasteiger charge is -2.30. The molecule has 1 fully saturated rings. The molecule has 1 heterocycles. The molecule has 0 spiro atoms. The van der Waals surface area contributed by atoms with Crippen molar-refractivity contribution in [3.05, 3.63) is 71.8 Å². The van der Waals surface area contributed by atoms with E-state index in [0.717, 1.165) is 5.56 Å². The summed E-state index contributed by atoms with van der Waals surface area (Å²) in [5, 5.41) is 10.7. The third-order valence-corrected chi connectivity index (χ3v) is 7.63. The molecule has 2 aromatic carbocycles. The number of carbonyl (C=O) groups excluding carboxylic acids is 6. The summed E-state index contributed by atoms with van der Waals surface area (Å²) in [7, 11) is 0. The monoisotopic (exact) mass is 649 g/mol. The summed E-state index contributed by atoms with van der Waals surface area (Å²) in [6.45, 7) is 10.7. The largest absolute Gasteiger partial charge is 0.445 e. The standard InChI is InChI=1S/C35H47N5O7/c1-22(2)28(38-30(42)23(3)36-34(46)47-21-25-16-11-8-12-17-25)32(44)37-26(20-24-14-9-7-10-15-24)29(41)33(45)40-19-13-18-27(40)31(43)39-35(4,5)6/h7-12,14-17,22-23,26-28H,13,18-21H2,1-6H3,(H,36,46)(H,37,44)(H,38,42)(H,39,43)/t23-,26?,27-,28-/m0/s1. The number of alkyl carbamates (subject to hydrolysis) is 1. The number of nitrogens with one attached hydrogen (secondary N) is 4. The minimum atomic E-state index is -1.26. The van der Waals surface area contributed by atoms with Gasteiger partial charge in [-0.1, -0.05) is 74.5 Å². The number of benzene rings is 2. The van der Waals surface area contributed by atoms with E-state index in [0.29, 0.717) is 18.4 Å². The van der Waals surface area contributed by atoms with Crippen LogP contribution in [0.2, 0.25) is 0 Å². The van der Waals surface area contributed by atoms with E-state index in [1.807, 2.05) is 45.0 Å². The highest BCUT2D eigenvalue weighted by molar-refractivity contribution is 6.38. The van der Waals surface area contributed by atoms with Crippen LogP contribution in [0.1, 0.15) is 65.5 Å². The van der Waals surface area contributed by atoms with E-state index in [1.54, 1.807) is 50.2 Å². The molecule has 0 aromatic heterocycles. The molecule has 1 saturated heterocycles. The predicted octanol–water partition coefficient (Wildman–Crippen LogP) is 2.64. The zero-order chi connectivity index (χ0) is 34.7. The maximum absolute atomic E-state index is 13.7. The molecule has 47 heavy (non-hydrogen) atoms. The first-order chi connectivity index (χ1) is 22.2. The van der Waals surface area contributed by atoms with Crippen molar-refractivity contribution in [2.24, 2.45) is 5.92 Å². The normalized spacial score (nSPS) is 16.4. The van der Waals surface area contributed by atoms with Crippen molar-refractivity contribution in [3.63, 3.8) is 0 Å². The van der Waals surface area contributed by atoms with Gasteiger partial charge in [0.1, 0.15) is 30.8 Å². The molecular weight excluding hydrogens is 602 g/mol. The molecule has 0 bridgehead atoms. The molecular formula is C35H47N5O7.